The average Bonchev–Trinajstić information content (AvgIpc) is 3.23. The molecule has 6 rings (SSSR count). The number of aryl methyl sites for hydroxylation is 2. The molecule has 9 heteroatoms. The number of rotatable bonds is 2. The molecule has 4 aromatic rings. The number of Topliss-reactive ketones (excluding diaryl/α,β-unsaturated/α-hetero) is 2. The van der Waals surface area contributed by atoms with Gasteiger partial charge in [-0.05, 0) is 37.1 Å². The predicted octanol–water partition coefficient (Wildman–Crippen LogP) is 2.83. The molecular weight excluding hydrogens is 446 g/mol. The molecule has 2 atom stereocenters. The van der Waals surface area contributed by atoms with E-state index >= 15 is 0 Å². The summed E-state index contributed by atoms with van der Waals surface area (Å²) in [5.41, 5.74) is 4.04. The van der Waals surface area contributed by atoms with E-state index in [2.05, 4.69) is 15.3 Å². The highest BCUT2D eigenvalue weighted by atomic mass is 16.2. The maximum Gasteiger partial charge on any atom is 0.326 e. The zero-order chi connectivity index (χ0) is 24.9. The quantitative estimate of drug-likeness (QED) is 0.412. The third kappa shape index (κ3) is 3.95. The number of nitrogens with zero attached hydrogens (tertiary/aromatic N) is 2. The summed E-state index contributed by atoms with van der Waals surface area (Å²) in [4.78, 5) is 53.9. The number of benzene rings is 2. The number of hydrogen-bond donors (Lipinski definition) is 3. The van der Waals surface area contributed by atoms with Crippen molar-refractivity contribution in [2.45, 2.75) is 58.8 Å². The molecule has 2 unspecified atom stereocenters. The van der Waals surface area contributed by atoms with Crippen molar-refractivity contribution in [3.63, 3.8) is 0 Å². The average molecular weight is 476 g/mol. The molecule has 0 spiro atoms. The number of carbonyl (C=O) groups excluding carboxylic acids is 2. The number of H-pyrrole nitrogens is 2. The van der Waals surface area contributed by atoms with Gasteiger partial charge >= 0.3 is 11.4 Å². The minimum absolute atomic E-state index is 0.00935. The molecule has 3 N–H and O–H groups in total. The van der Waals surface area contributed by atoms with E-state index < -0.39 is 0 Å². The Morgan fingerprint density at radius 1 is 0.800 bits per heavy atom. The van der Waals surface area contributed by atoms with Crippen LogP contribution in [0, 0.1) is 5.92 Å². The number of nitrogens with one attached hydrogen (secondary N) is 3. The van der Waals surface area contributed by atoms with Crippen molar-refractivity contribution in [1.29, 1.82) is 0 Å². The molecule has 0 saturated heterocycles. The van der Waals surface area contributed by atoms with Gasteiger partial charge in [0.1, 0.15) is 0 Å². The van der Waals surface area contributed by atoms with Gasteiger partial charge in [-0.15, -0.1) is 0 Å². The van der Waals surface area contributed by atoms with Crippen molar-refractivity contribution in [3.05, 3.63) is 68.5 Å². The highest BCUT2D eigenvalue weighted by molar-refractivity contribution is 6.09. The molecule has 0 radical (unpaired) electrons. The summed E-state index contributed by atoms with van der Waals surface area (Å²) in [5.74, 6) is 0.199. The van der Waals surface area contributed by atoms with Crippen molar-refractivity contribution in [2.24, 2.45) is 5.92 Å². The summed E-state index contributed by atoms with van der Waals surface area (Å²) >= 11 is 0. The Morgan fingerprint density at radius 2 is 1.31 bits per heavy atom. The van der Waals surface area contributed by atoms with Crippen LogP contribution in [0.5, 0.6) is 0 Å². The van der Waals surface area contributed by atoms with Crippen molar-refractivity contribution in [1.82, 2.24) is 24.4 Å². The van der Waals surface area contributed by atoms with E-state index in [0.717, 1.165) is 28.5 Å². The summed E-state index contributed by atoms with van der Waals surface area (Å²) in [7, 11) is 0. The first-order chi connectivity index (χ1) is 16.8. The zero-order valence-corrected chi connectivity index (χ0v) is 20.1. The summed E-state index contributed by atoms with van der Waals surface area (Å²) in [6, 6.07) is 10.9. The minimum Gasteiger partial charge on any atom is -0.306 e. The molecule has 2 aromatic heterocycles. The minimum atomic E-state index is -0.218. The molecule has 0 aliphatic carbocycles. The fourth-order valence-corrected chi connectivity index (χ4v) is 5.12. The van der Waals surface area contributed by atoms with Crippen LogP contribution in [0.4, 0.5) is 0 Å². The van der Waals surface area contributed by atoms with Crippen LogP contribution in [0.1, 0.15) is 54.3 Å². The molecule has 0 saturated carbocycles. The Labute approximate surface area is 201 Å². The zero-order valence-electron chi connectivity index (χ0n) is 20.1. The number of imidazole rings is 2. The van der Waals surface area contributed by atoms with Gasteiger partial charge in [0.25, 0.3) is 0 Å². The van der Waals surface area contributed by atoms with E-state index in [1.165, 1.54) is 0 Å². The number of aromatic nitrogens is 4. The van der Waals surface area contributed by atoms with E-state index in [0.29, 0.717) is 30.6 Å². The number of carbonyl (C=O) groups is 2. The van der Waals surface area contributed by atoms with Gasteiger partial charge in [0.15, 0.2) is 11.6 Å². The van der Waals surface area contributed by atoms with Gasteiger partial charge in [-0.1, -0.05) is 32.9 Å². The van der Waals surface area contributed by atoms with Gasteiger partial charge in [0.05, 0.1) is 28.1 Å². The summed E-state index contributed by atoms with van der Waals surface area (Å²) in [5, 5.41) is 3.28. The summed E-state index contributed by atoms with van der Waals surface area (Å²) in [6.45, 7) is 7.13. The summed E-state index contributed by atoms with van der Waals surface area (Å²) in [6.07, 6.45) is 1.36. The molecule has 2 aromatic carbocycles. The van der Waals surface area contributed by atoms with Crippen molar-refractivity contribution in [3.8, 4) is 0 Å². The van der Waals surface area contributed by atoms with Gasteiger partial charge in [-0.3, -0.25) is 18.7 Å². The van der Waals surface area contributed by atoms with Gasteiger partial charge in [0.2, 0.25) is 0 Å². The molecule has 182 valence electrons. The largest absolute Gasteiger partial charge is 0.326 e. The molecule has 2 aliphatic heterocycles. The van der Waals surface area contributed by atoms with Crippen molar-refractivity contribution >= 4 is 33.6 Å². The second-order valence-electron chi connectivity index (χ2n) is 9.65. The predicted molar refractivity (Wildman–Crippen MR) is 134 cm³/mol. The third-order valence-corrected chi connectivity index (χ3v) is 6.84. The van der Waals surface area contributed by atoms with E-state index in [1.54, 1.807) is 21.3 Å². The first kappa shape index (κ1) is 23.0. The first-order valence-electron chi connectivity index (χ1n) is 12.0. The number of aromatic amines is 2. The standard InChI is InChI=1S/C14H17N3O2.C12H12N2O2/c1-8(2)15-11-6-7-17-12-9(13(11)18)4-3-5-10(12)16-14(17)19;1-7-5-6-14-10-8(11(7)15)3-2-4-9(10)13-12(14)16/h3-5,8,11,15H,6-7H2,1-2H3,(H,16,19);2-4,7H,5-6H2,1H3,(H,13,16). The van der Waals surface area contributed by atoms with Crippen LogP contribution in [0.3, 0.4) is 0 Å². The van der Waals surface area contributed by atoms with Crippen LogP contribution in [-0.4, -0.2) is 42.8 Å². The van der Waals surface area contributed by atoms with Gasteiger partial charge in [0, 0.05) is 36.2 Å². The maximum atomic E-state index is 12.6. The van der Waals surface area contributed by atoms with Crippen molar-refractivity contribution < 1.29 is 9.59 Å². The van der Waals surface area contributed by atoms with E-state index in [-0.39, 0.29) is 40.9 Å². The maximum absolute atomic E-state index is 12.6. The monoisotopic (exact) mass is 475 g/mol. The molecule has 35 heavy (non-hydrogen) atoms. The van der Waals surface area contributed by atoms with E-state index in [9.17, 15) is 19.2 Å². The SMILES string of the molecule is CC(C)NC1CCn2c(=O)[nH]c3cccc(c32)C1=O.CC1CCn2c(=O)[nH]c3cccc(c32)C1=O. The summed E-state index contributed by atoms with van der Waals surface area (Å²) < 4.78 is 3.34. The molecule has 0 amide bonds. The van der Waals surface area contributed by atoms with Crippen LogP contribution in [0.15, 0.2) is 46.0 Å². The first-order valence-corrected chi connectivity index (χ1v) is 12.0. The second-order valence-corrected chi connectivity index (χ2v) is 9.65. The van der Waals surface area contributed by atoms with Gasteiger partial charge in [-0.2, -0.15) is 0 Å². The topological polar surface area (TPSA) is 122 Å². The van der Waals surface area contributed by atoms with Crippen LogP contribution in [-0.2, 0) is 13.1 Å². The second kappa shape index (κ2) is 8.81. The lowest BCUT2D eigenvalue weighted by atomic mass is 9.97. The lowest BCUT2D eigenvalue weighted by Gasteiger charge is -2.18. The Balaban J connectivity index is 0.000000147. The van der Waals surface area contributed by atoms with E-state index in [4.69, 9.17) is 0 Å². The normalized spacial score (nSPS) is 19.5. The molecule has 0 bridgehead atoms. The molecule has 9 nitrogen and oxygen atoms in total. The Morgan fingerprint density at radius 3 is 1.86 bits per heavy atom. The van der Waals surface area contributed by atoms with Crippen LogP contribution in [0.25, 0.3) is 22.1 Å². The fraction of sp³-hybridized carbons (Fsp3) is 0.385. The highest BCUT2D eigenvalue weighted by Gasteiger charge is 2.28. The number of ketones is 2. The molecule has 0 fully saturated rings. The smallest absolute Gasteiger partial charge is 0.306 e. The number of hydrogen-bond acceptors (Lipinski definition) is 5. The van der Waals surface area contributed by atoms with Crippen LogP contribution in [0.2, 0.25) is 0 Å². The fourth-order valence-electron chi connectivity index (χ4n) is 5.12. The highest BCUT2D eigenvalue weighted by Crippen LogP contribution is 2.25. The lowest BCUT2D eigenvalue weighted by molar-refractivity contribution is 0.0922. The molecule has 4 heterocycles. The van der Waals surface area contributed by atoms with Crippen LogP contribution < -0.4 is 16.7 Å². The van der Waals surface area contributed by atoms with Gasteiger partial charge < -0.3 is 15.3 Å². The Kier molecular flexibility index (Phi) is 5.80. The Bertz CT molecular complexity index is 1570. The molecule has 2 aliphatic rings. The number of para-hydroxylation sites is 2. The van der Waals surface area contributed by atoms with Crippen LogP contribution >= 0.6 is 0 Å². The van der Waals surface area contributed by atoms with Gasteiger partial charge in [-0.25, -0.2) is 9.59 Å². The van der Waals surface area contributed by atoms with Crippen molar-refractivity contribution in [2.75, 3.05) is 0 Å². The Hall–Kier alpha value is -3.72. The lowest BCUT2D eigenvalue weighted by Crippen LogP contribution is -2.41. The molecular formula is C26H29N5O4. The van der Waals surface area contributed by atoms with E-state index in [1.807, 2.05) is 45.0 Å². The third-order valence-electron chi connectivity index (χ3n) is 6.84.